The second-order valence-electron chi connectivity index (χ2n) is 8.24. The van der Waals surface area contributed by atoms with Crippen molar-refractivity contribution in [3.05, 3.63) is 28.8 Å². The molecule has 0 aliphatic heterocycles. The van der Waals surface area contributed by atoms with Gasteiger partial charge in [0, 0.05) is 11.1 Å². The van der Waals surface area contributed by atoms with Crippen LogP contribution < -0.4 is 4.74 Å². The van der Waals surface area contributed by atoms with Crippen molar-refractivity contribution in [2.24, 2.45) is 0 Å². The molecule has 1 aromatic rings. The lowest BCUT2D eigenvalue weighted by Crippen LogP contribution is -2.20. The lowest BCUT2D eigenvalue weighted by Gasteiger charge is -2.29. The number of rotatable bonds is 6. The van der Waals surface area contributed by atoms with Gasteiger partial charge in [-0.15, -0.1) is 0 Å². The molecule has 0 saturated heterocycles. The minimum Gasteiger partial charge on any atom is -0.496 e. The van der Waals surface area contributed by atoms with Gasteiger partial charge in [-0.25, -0.2) is 0 Å². The van der Waals surface area contributed by atoms with E-state index in [9.17, 15) is 5.11 Å². The summed E-state index contributed by atoms with van der Waals surface area (Å²) < 4.78 is 11.6. The molecule has 0 aliphatic rings. The monoisotopic (exact) mass is 322 g/mol. The minimum atomic E-state index is -0.129. The molecule has 0 saturated carbocycles. The first-order valence-electron chi connectivity index (χ1n) is 8.48. The van der Waals surface area contributed by atoms with Crippen molar-refractivity contribution in [1.29, 1.82) is 0 Å². The van der Waals surface area contributed by atoms with E-state index in [0.29, 0.717) is 6.61 Å². The molecule has 0 spiro atoms. The SMILES string of the molecule is CCC(CO)OCc1cc(C(C)(C)C)cc(C(C)(C)C)c1OC. The fourth-order valence-corrected chi connectivity index (χ4v) is 2.53. The highest BCUT2D eigenvalue weighted by molar-refractivity contribution is 5.49. The molecule has 1 rings (SSSR count). The molecule has 132 valence electrons. The molecule has 1 N–H and O–H groups in total. The van der Waals surface area contributed by atoms with Crippen LogP contribution in [0.4, 0.5) is 0 Å². The third-order valence-electron chi connectivity index (χ3n) is 4.18. The quantitative estimate of drug-likeness (QED) is 0.833. The topological polar surface area (TPSA) is 38.7 Å². The normalized spacial score (nSPS) is 14.0. The van der Waals surface area contributed by atoms with Gasteiger partial charge in [-0.1, -0.05) is 54.5 Å². The van der Waals surface area contributed by atoms with Crippen molar-refractivity contribution in [2.45, 2.75) is 78.4 Å². The summed E-state index contributed by atoms with van der Waals surface area (Å²) >= 11 is 0. The smallest absolute Gasteiger partial charge is 0.128 e. The molecular formula is C20H34O3. The van der Waals surface area contributed by atoms with Crippen molar-refractivity contribution >= 4 is 0 Å². The van der Waals surface area contributed by atoms with Crippen molar-refractivity contribution in [3.8, 4) is 5.75 Å². The fourth-order valence-electron chi connectivity index (χ4n) is 2.53. The Morgan fingerprint density at radius 3 is 2.04 bits per heavy atom. The number of hydrogen-bond acceptors (Lipinski definition) is 3. The van der Waals surface area contributed by atoms with E-state index in [1.807, 2.05) is 6.92 Å². The Balaban J connectivity index is 3.35. The molecule has 0 amide bonds. The number of methoxy groups -OCH3 is 1. The Hall–Kier alpha value is -1.06. The summed E-state index contributed by atoms with van der Waals surface area (Å²) in [6.07, 6.45) is 0.667. The zero-order valence-corrected chi connectivity index (χ0v) is 16.1. The van der Waals surface area contributed by atoms with Crippen LogP contribution in [0, 0.1) is 0 Å². The second kappa shape index (κ2) is 7.67. The van der Waals surface area contributed by atoms with Gasteiger partial charge in [-0.3, -0.25) is 0 Å². The average Bonchev–Trinajstić information content (AvgIpc) is 2.45. The van der Waals surface area contributed by atoms with Gasteiger partial charge < -0.3 is 14.6 Å². The largest absolute Gasteiger partial charge is 0.496 e. The van der Waals surface area contributed by atoms with E-state index < -0.39 is 0 Å². The van der Waals surface area contributed by atoms with Crippen LogP contribution in [0.5, 0.6) is 5.75 Å². The Labute approximate surface area is 142 Å². The van der Waals surface area contributed by atoms with Crippen LogP contribution in [0.1, 0.15) is 71.6 Å². The number of aliphatic hydroxyl groups is 1. The van der Waals surface area contributed by atoms with Gasteiger partial charge in [0.05, 0.1) is 26.4 Å². The Morgan fingerprint density at radius 2 is 1.65 bits per heavy atom. The summed E-state index contributed by atoms with van der Waals surface area (Å²) in [6.45, 7) is 15.8. The van der Waals surface area contributed by atoms with Crippen molar-refractivity contribution < 1.29 is 14.6 Å². The number of benzene rings is 1. The lowest BCUT2D eigenvalue weighted by atomic mass is 9.79. The van der Waals surface area contributed by atoms with Gasteiger partial charge in [0.25, 0.3) is 0 Å². The Kier molecular flexibility index (Phi) is 6.67. The van der Waals surface area contributed by atoms with Gasteiger partial charge in [0.15, 0.2) is 0 Å². The van der Waals surface area contributed by atoms with Crippen LogP contribution >= 0.6 is 0 Å². The lowest BCUT2D eigenvalue weighted by molar-refractivity contribution is -0.0000216. The van der Waals surface area contributed by atoms with Crippen molar-refractivity contribution in [2.75, 3.05) is 13.7 Å². The fraction of sp³-hybridized carbons (Fsp3) is 0.700. The maximum absolute atomic E-state index is 9.34. The predicted octanol–water partition coefficient (Wildman–Crippen LogP) is 4.58. The van der Waals surface area contributed by atoms with Gasteiger partial charge in [0.1, 0.15) is 5.75 Å². The third kappa shape index (κ3) is 5.22. The van der Waals surface area contributed by atoms with E-state index in [-0.39, 0.29) is 23.5 Å². The van der Waals surface area contributed by atoms with Crippen molar-refractivity contribution in [1.82, 2.24) is 0 Å². The first-order chi connectivity index (χ1) is 10.5. The summed E-state index contributed by atoms with van der Waals surface area (Å²) in [5, 5.41) is 9.34. The van der Waals surface area contributed by atoms with Gasteiger partial charge in [0.2, 0.25) is 0 Å². The zero-order chi connectivity index (χ0) is 17.8. The maximum Gasteiger partial charge on any atom is 0.128 e. The van der Waals surface area contributed by atoms with Crippen LogP contribution in [0.25, 0.3) is 0 Å². The van der Waals surface area contributed by atoms with Crippen LogP contribution in [0.3, 0.4) is 0 Å². The van der Waals surface area contributed by atoms with Crippen LogP contribution in [0.15, 0.2) is 12.1 Å². The summed E-state index contributed by atoms with van der Waals surface area (Å²) in [6, 6.07) is 4.43. The van der Waals surface area contributed by atoms with Gasteiger partial charge >= 0.3 is 0 Å². The summed E-state index contributed by atoms with van der Waals surface area (Å²) in [5.74, 6) is 0.901. The number of hydrogen-bond donors (Lipinski definition) is 1. The average molecular weight is 322 g/mol. The Bertz CT molecular complexity index is 503. The van der Waals surface area contributed by atoms with Crippen LogP contribution in [-0.4, -0.2) is 24.9 Å². The minimum absolute atomic E-state index is 0.0114. The van der Waals surface area contributed by atoms with Crippen LogP contribution in [-0.2, 0) is 22.2 Å². The van der Waals surface area contributed by atoms with Gasteiger partial charge in [-0.2, -0.15) is 0 Å². The molecule has 1 unspecified atom stereocenters. The first kappa shape index (κ1) is 20.0. The molecule has 0 fully saturated rings. The molecule has 3 nitrogen and oxygen atoms in total. The highest BCUT2D eigenvalue weighted by atomic mass is 16.5. The standard InChI is InChI=1S/C20H34O3/c1-9-16(12-21)23-13-14-10-15(19(2,3)4)11-17(18(14)22-8)20(5,6)7/h10-11,16,21H,9,12-13H2,1-8H3. The first-order valence-corrected chi connectivity index (χ1v) is 8.48. The molecule has 1 atom stereocenters. The molecule has 1 aromatic carbocycles. The van der Waals surface area contributed by atoms with Crippen LogP contribution in [0.2, 0.25) is 0 Å². The molecule has 0 aliphatic carbocycles. The van der Waals surface area contributed by atoms with E-state index in [4.69, 9.17) is 9.47 Å². The molecule has 0 bridgehead atoms. The summed E-state index contributed by atoms with van der Waals surface area (Å²) in [4.78, 5) is 0. The van der Waals surface area contributed by atoms with E-state index in [1.54, 1.807) is 7.11 Å². The molecule has 23 heavy (non-hydrogen) atoms. The van der Waals surface area contributed by atoms with E-state index >= 15 is 0 Å². The molecule has 3 heteroatoms. The maximum atomic E-state index is 9.34. The summed E-state index contributed by atoms with van der Waals surface area (Å²) in [7, 11) is 1.72. The molecule has 0 heterocycles. The highest BCUT2D eigenvalue weighted by Crippen LogP contribution is 2.38. The summed E-state index contributed by atoms with van der Waals surface area (Å²) in [5.41, 5.74) is 3.57. The second-order valence-corrected chi connectivity index (χ2v) is 8.24. The zero-order valence-electron chi connectivity index (χ0n) is 16.1. The molecule has 0 aromatic heterocycles. The van der Waals surface area contributed by atoms with E-state index in [0.717, 1.165) is 17.7 Å². The number of aliphatic hydroxyl groups excluding tert-OH is 1. The third-order valence-corrected chi connectivity index (χ3v) is 4.18. The molecule has 0 radical (unpaired) electrons. The molecular weight excluding hydrogens is 288 g/mol. The number of ether oxygens (including phenoxy) is 2. The highest BCUT2D eigenvalue weighted by Gasteiger charge is 2.26. The van der Waals surface area contributed by atoms with E-state index in [2.05, 4.69) is 53.7 Å². The van der Waals surface area contributed by atoms with E-state index in [1.165, 1.54) is 11.1 Å². The van der Waals surface area contributed by atoms with Gasteiger partial charge in [-0.05, 0) is 28.9 Å². The van der Waals surface area contributed by atoms with Crippen molar-refractivity contribution in [3.63, 3.8) is 0 Å². The predicted molar refractivity (Wildman–Crippen MR) is 96.3 cm³/mol. The Morgan fingerprint density at radius 1 is 1.04 bits per heavy atom.